The maximum atomic E-state index is 4.55. The van der Waals surface area contributed by atoms with Crippen molar-refractivity contribution in [3.8, 4) is 0 Å². The lowest BCUT2D eigenvalue weighted by atomic mass is 10.0. The predicted molar refractivity (Wildman–Crippen MR) is 94.0 cm³/mol. The Morgan fingerprint density at radius 1 is 1.19 bits per heavy atom. The van der Waals surface area contributed by atoms with Gasteiger partial charge in [0.05, 0.1) is 0 Å². The van der Waals surface area contributed by atoms with Crippen LogP contribution in [0.4, 0.5) is 0 Å². The van der Waals surface area contributed by atoms with Gasteiger partial charge in [0.2, 0.25) is 0 Å². The molecule has 21 heavy (non-hydrogen) atoms. The second kappa shape index (κ2) is 8.91. The zero-order chi connectivity index (χ0) is 15.7. The largest absolute Gasteiger partial charge is 0.261 e. The van der Waals surface area contributed by atoms with Crippen molar-refractivity contribution in [1.82, 2.24) is 4.98 Å². The average molecular weight is 279 g/mol. The molecule has 0 N–H and O–H groups in total. The van der Waals surface area contributed by atoms with E-state index in [1.807, 2.05) is 24.4 Å². The van der Waals surface area contributed by atoms with Crippen molar-refractivity contribution >= 4 is 5.57 Å². The number of pyridine rings is 1. The SMILES string of the molecule is C=C/C=C(\C=C)CCc1ccc(/C(C=C)=C/C(C)C)cn1. The van der Waals surface area contributed by atoms with Gasteiger partial charge in [-0.05, 0) is 41.5 Å². The number of aryl methyl sites for hydroxylation is 1. The third-order valence-corrected chi connectivity index (χ3v) is 3.15. The zero-order valence-electron chi connectivity index (χ0n) is 13.2. The second-order valence-corrected chi connectivity index (χ2v) is 5.29. The van der Waals surface area contributed by atoms with Crippen LogP contribution in [0.5, 0.6) is 0 Å². The monoisotopic (exact) mass is 279 g/mol. The molecule has 1 aromatic heterocycles. The summed E-state index contributed by atoms with van der Waals surface area (Å²) in [5.74, 6) is 0.497. The van der Waals surface area contributed by atoms with Crippen LogP contribution in [-0.2, 0) is 6.42 Å². The molecule has 0 spiro atoms. The maximum absolute atomic E-state index is 4.55. The molecule has 0 aromatic carbocycles. The predicted octanol–water partition coefficient (Wildman–Crippen LogP) is 5.54. The summed E-state index contributed by atoms with van der Waals surface area (Å²) in [4.78, 5) is 4.55. The number of hydrogen-bond donors (Lipinski definition) is 0. The topological polar surface area (TPSA) is 12.9 Å². The first-order valence-electron chi connectivity index (χ1n) is 7.34. The fourth-order valence-corrected chi connectivity index (χ4v) is 2.06. The van der Waals surface area contributed by atoms with Crippen molar-refractivity contribution in [2.75, 3.05) is 0 Å². The first kappa shape index (κ1) is 16.9. The van der Waals surface area contributed by atoms with Gasteiger partial charge in [0.25, 0.3) is 0 Å². The molecule has 0 amide bonds. The number of hydrogen-bond acceptors (Lipinski definition) is 1. The summed E-state index contributed by atoms with van der Waals surface area (Å²) in [7, 11) is 0. The molecule has 0 saturated heterocycles. The van der Waals surface area contributed by atoms with Gasteiger partial charge in [0.1, 0.15) is 0 Å². The Balaban J connectivity index is 2.78. The molecular weight excluding hydrogens is 254 g/mol. The highest BCUT2D eigenvalue weighted by atomic mass is 14.7. The zero-order valence-corrected chi connectivity index (χ0v) is 13.2. The molecule has 1 rings (SSSR count). The first-order chi connectivity index (χ1) is 10.1. The molecule has 1 nitrogen and oxygen atoms in total. The molecule has 1 heterocycles. The third kappa shape index (κ3) is 5.78. The van der Waals surface area contributed by atoms with Gasteiger partial charge in [-0.25, -0.2) is 0 Å². The lowest BCUT2D eigenvalue weighted by Crippen LogP contribution is -1.93. The van der Waals surface area contributed by atoms with E-state index in [4.69, 9.17) is 0 Å². The minimum absolute atomic E-state index is 0.497. The van der Waals surface area contributed by atoms with Crippen LogP contribution >= 0.6 is 0 Å². The molecular formula is C20H25N. The number of nitrogens with zero attached hydrogens (tertiary/aromatic N) is 1. The van der Waals surface area contributed by atoms with Crippen molar-refractivity contribution in [3.05, 3.63) is 85.3 Å². The van der Waals surface area contributed by atoms with Crippen LogP contribution in [0.3, 0.4) is 0 Å². The Bertz CT molecular complexity index is 542. The van der Waals surface area contributed by atoms with Crippen LogP contribution in [0.15, 0.2) is 74.0 Å². The Morgan fingerprint density at radius 3 is 2.43 bits per heavy atom. The molecule has 1 heteroatoms. The van der Waals surface area contributed by atoms with Crippen LogP contribution in [0, 0.1) is 5.92 Å². The van der Waals surface area contributed by atoms with Crippen LogP contribution in [0.1, 0.15) is 31.5 Å². The minimum Gasteiger partial charge on any atom is -0.261 e. The van der Waals surface area contributed by atoms with Gasteiger partial charge in [0, 0.05) is 11.9 Å². The summed E-state index contributed by atoms with van der Waals surface area (Å²) < 4.78 is 0. The number of aromatic nitrogens is 1. The van der Waals surface area contributed by atoms with Gasteiger partial charge < -0.3 is 0 Å². The van der Waals surface area contributed by atoms with Gasteiger partial charge in [-0.2, -0.15) is 0 Å². The van der Waals surface area contributed by atoms with E-state index in [0.717, 1.165) is 29.7 Å². The second-order valence-electron chi connectivity index (χ2n) is 5.29. The highest BCUT2D eigenvalue weighted by molar-refractivity contribution is 5.73. The summed E-state index contributed by atoms with van der Waals surface area (Å²) in [6.07, 6.45) is 13.5. The van der Waals surface area contributed by atoms with Crippen LogP contribution in [0.2, 0.25) is 0 Å². The molecule has 0 bridgehead atoms. The van der Waals surface area contributed by atoms with Gasteiger partial charge in [-0.3, -0.25) is 4.98 Å². The molecule has 0 saturated carbocycles. The Morgan fingerprint density at radius 2 is 1.95 bits per heavy atom. The quantitative estimate of drug-likeness (QED) is 0.569. The minimum atomic E-state index is 0.497. The Kier molecular flexibility index (Phi) is 7.17. The lowest BCUT2D eigenvalue weighted by Gasteiger charge is -2.06. The maximum Gasteiger partial charge on any atom is 0.0407 e. The van der Waals surface area contributed by atoms with E-state index in [9.17, 15) is 0 Å². The summed E-state index contributed by atoms with van der Waals surface area (Å²) in [5.41, 5.74) is 4.53. The molecule has 110 valence electrons. The van der Waals surface area contributed by atoms with Crippen molar-refractivity contribution < 1.29 is 0 Å². The summed E-state index contributed by atoms with van der Waals surface area (Å²) in [6.45, 7) is 15.7. The van der Waals surface area contributed by atoms with Crippen LogP contribution in [-0.4, -0.2) is 4.98 Å². The van der Waals surface area contributed by atoms with Gasteiger partial charge in [-0.15, -0.1) is 0 Å². The molecule has 0 aliphatic rings. The van der Waals surface area contributed by atoms with Gasteiger partial charge in [0.15, 0.2) is 0 Å². The van der Waals surface area contributed by atoms with E-state index >= 15 is 0 Å². The molecule has 0 fully saturated rings. The normalized spacial score (nSPS) is 12.3. The van der Waals surface area contributed by atoms with E-state index in [-0.39, 0.29) is 0 Å². The molecule has 0 radical (unpaired) electrons. The Labute approximate surface area is 129 Å². The van der Waals surface area contributed by atoms with E-state index in [1.54, 1.807) is 6.08 Å². The summed E-state index contributed by atoms with van der Waals surface area (Å²) in [6, 6.07) is 4.20. The first-order valence-corrected chi connectivity index (χ1v) is 7.34. The van der Waals surface area contributed by atoms with E-state index in [2.05, 4.69) is 56.8 Å². The summed E-state index contributed by atoms with van der Waals surface area (Å²) in [5, 5.41) is 0. The Hall–Kier alpha value is -2.15. The standard InChI is InChI=1S/C20H25N/c1-6-9-17(7-2)10-12-20-13-11-19(15-21-20)18(8-3)14-16(4)5/h6-9,11,13-16H,1-3,10,12H2,4-5H3/b17-9+,18-14+. The number of rotatable bonds is 8. The molecule has 0 aliphatic carbocycles. The van der Waals surface area contributed by atoms with Gasteiger partial charge in [-0.1, -0.05) is 70.0 Å². The highest BCUT2D eigenvalue weighted by Gasteiger charge is 2.01. The van der Waals surface area contributed by atoms with Crippen LogP contribution < -0.4 is 0 Å². The lowest BCUT2D eigenvalue weighted by molar-refractivity contribution is 0.834. The molecule has 1 aromatic rings. The van der Waals surface area contributed by atoms with Crippen molar-refractivity contribution in [3.63, 3.8) is 0 Å². The fraction of sp³-hybridized carbons (Fsp3) is 0.250. The smallest absolute Gasteiger partial charge is 0.0407 e. The van der Waals surface area contributed by atoms with Gasteiger partial charge >= 0.3 is 0 Å². The molecule has 0 unspecified atom stereocenters. The van der Waals surface area contributed by atoms with E-state index in [0.29, 0.717) is 5.92 Å². The molecule has 0 atom stereocenters. The average Bonchev–Trinajstić information content (AvgIpc) is 2.49. The number of allylic oxidation sites excluding steroid dienone is 7. The molecule has 0 aliphatic heterocycles. The van der Waals surface area contributed by atoms with E-state index < -0.39 is 0 Å². The van der Waals surface area contributed by atoms with E-state index in [1.165, 1.54) is 5.57 Å². The van der Waals surface area contributed by atoms with Crippen LogP contribution in [0.25, 0.3) is 5.57 Å². The third-order valence-electron chi connectivity index (χ3n) is 3.15. The fourth-order valence-electron chi connectivity index (χ4n) is 2.06. The summed E-state index contributed by atoms with van der Waals surface area (Å²) >= 11 is 0. The van der Waals surface area contributed by atoms with Crippen molar-refractivity contribution in [2.45, 2.75) is 26.7 Å². The van der Waals surface area contributed by atoms with Crippen molar-refractivity contribution in [1.29, 1.82) is 0 Å². The highest BCUT2D eigenvalue weighted by Crippen LogP contribution is 2.18. The van der Waals surface area contributed by atoms with Crippen molar-refractivity contribution in [2.24, 2.45) is 5.92 Å².